The molecular formula is C17H31IN4O2. The molecule has 0 aliphatic heterocycles. The Bertz CT molecular complexity index is 510. The van der Waals surface area contributed by atoms with E-state index in [2.05, 4.69) is 34.6 Å². The molecule has 0 saturated heterocycles. The molecule has 0 atom stereocenters. The molecule has 1 aromatic heterocycles. The first-order valence-corrected chi connectivity index (χ1v) is 8.80. The number of rotatable bonds is 8. The summed E-state index contributed by atoms with van der Waals surface area (Å²) in [5.74, 6) is 1.93. The maximum atomic E-state index is 10.2. The monoisotopic (exact) mass is 450 g/mol. The van der Waals surface area contributed by atoms with Gasteiger partial charge in [-0.05, 0) is 39.0 Å². The Morgan fingerprint density at radius 2 is 2.04 bits per heavy atom. The highest BCUT2D eigenvalue weighted by Crippen LogP contribution is 2.30. The number of guanidine groups is 1. The fourth-order valence-corrected chi connectivity index (χ4v) is 2.81. The highest BCUT2D eigenvalue weighted by atomic mass is 127. The number of aromatic nitrogens is 1. The Morgan fingerprint density at radius 3 is 2.58 bits per heavy atom. The van der Waals surface area contributed by atoms with Gasteiger partial charge in [0.15, 0.2) is 11.7 Å². The summed E-state index contributed by atoms with van der Waals surface area (Å²) in [7, 11) is 0. The minimum Gasteiger partial charge on any atom is -0.388 e. The van der Waals surface area contributed by atoms with Gasteiger partial charge in [-0.15, -0.1) is 24.0 Å². The average molecular weight is 450 g/mol. The molecule has 1 aliphatic rings. The molecule has 1 aromatic rings. The minimum atomic E-state index is -0.564. The van der Waals surface area contributed by atoms with Crippen LogP contribution < -0.4 is 10.6 Å². The van der Waals surface area contributed by atoms with Gasteiger partial charge >= 0.3 is 0 Å². The molecular weight excluding hydrogens is 419 g/mol. The second-order valence-corrected chi connectivity index (χ2v) is 6.36. The summed E-state index contributed by atoms with van der Waals surface area (Å²) in [5.41, 5.74) is 0.451. The zero-order valence-electron chi connectivity index (χ0n) is 15.0. The third kappa shape index (κ3) is 5.91. The van der Waals surface area contributed by atoms with E-state index in [9.17, 15) is 5.11 Å². The average Bonchev–Trinajstić information content (AvgIpc) is 2.98. The van der Waals surface area contributed by atoms with Gasteiger partial charge in [-0.3, -0.25) is 0 Å². The number of hydrogen-bond donors (Lipinski definition) is 3. The van der Waals surface area contributed by atoms with Crippen LogP contribution in [0.5, 0.6) is 0 Å². The summed E-state index contributed by atoms with van der Waals surface area (Å²) in [6, 6.07) is 2.00. The van der Waals surface area contributed by atoms with Gasteiger partial charge in [0.05, 0.1) is 11.3 Å². The van der Waals surface area contributed by atoms with Gasteiger partial charge in [-0.1, -0.05) is 19.0 Å². The molecule has 138 valence electrons. The number of nitrogens with zero attached hydrogens (tertiary/aromatic N) is 2. The first-order valence-electron chi connectivity index (χ1n) is 8.80. The Labute approximate surface area is 161 Å². The van der Waals surface area contributed by atoms with Crippen molar-refractivity contribution in [2.24, 2.45) is 4.99 Å². The maximum absolute atomic E-state index is 10.2. The van der Waals surface area contributed by atoms with Crippen molar-refractivity contribution in [3.05, 3.63) is 17.5 Å². The van der Waals surface area contributed by atoms with Gasteiger partial charge in [0.1, 0.15) is 6.54 Å². The Balaban J connectivity index is 0.00000288. The van der Waals surface area contributed by atoms with Crippen LogP contribution in [0.1, 0.15) is 70.2 Å². The quantitative estimate of drug-likeness (QED) is 0.322. The second kappa shape index (κ2) is 10.2. The summed E-state index contributed by atoms with van der Waals surface area (Å²) in [6.07, 6.45) is 4.95. The first kappa shape index (κ1) is 21.2. The van der Waals surface area contributed by atoms with Crippen LogP contribution in [0, 0.1) is 0 Å². The third-order valence-corrected chi connectivity index (χ3v) is 4.59. The lowest BCUT2D eigenvalue weighted by molar-refractivity contribution is -0.0279. The molecule has 0 radical (unpaired) electrons. The molecule has 0 amide bonds. The molecule has 1 fully saturated rings. The van der Waals surface area contributed by atoms with Gasteiger partial charge in [-0.2, -0.15) is 0 Å². The van der Waals surface area contributed by atoms with Crippen LogP contribution in [-0.4, -0.2) is 34.9 Å². The normalized spacial score (nSPS) is 16.5. The number of nitrogens with one attached hydrogen (secondary N) is 2. The van der Waals surface area contributed by atoms with E-state index in [1.54, 1.807) is 0 Å². The van der Waals surface area contributed by atoms with Crippen molar-refractivity contribution in [3.63, 3.8) is 0 Å². The van der Waals surface area contributed by atoms with Crippen LogP contribution >= 0.6 is 24.0 Å². The summed E-state index contributed by atoms with van der Waals surface area (Å²) >= 11 is 0. The van der Waals surface area contributed by atoms with Crippen LogP contribution in [0.25, 0.3) is 0 Å². The van der Waals surface area contributed by atoms with E-state index in [-0.39, 0.29) is 24.0 Å². The van der Waals surface area contributed by atoms with Crippen molar-refractivity contribution in [2.75, 3.05) is 13.1 Å². The zero-order chi connectivity index (χ0) is 16.7. The predicted octanol–water partition coefficient (Wildman–Crippen LogP) is 3.17. The highest BCUT2D eigenvalue weighted by Gasteiger charge is 2.34. The van der Waals surface area contributed by atoms with Gasteiger partial charge in [0.2, 0.25) is 0 Å². The van der Waals surface area contributed by atoms with E-state index < -0.39 is 5.60 Å². The van der Waals surface area contributed by atoms with Gasteiger partial charge in [-0.25, -0.2) is 4.99 Å². The van der Waals surface area contributed by atoms with E-state index >= 15 is 0 Å². The van der Waals surface area contributed by atoms with Crippen molar-refractivity contribution in [1.82, 2.24) is 15.8 Å². The molecule has 1 saturated carbocycles. The van der Waals surface area contributed by atoms with Crippen molar-refractivity contribution in [1.29, 1.82) is 0 Å². The van der Waals surface area contributed by atoms with Crippen LogP contribution in [0.15, 0.2) is 15.6 Å². The largest absolute Gasteiger partial charge is 0.388 e. The molecule has 6 nitrogen and oxygen atoms in total. The second-order valence-electron chi connectivity index (χ2n) is 6.36. The first-order chi connectivity index (χ1) is 11.1. The molecule has 0 spiro atoms. The molecule has 2 rings (SSSR count). The van der Waals surface area contributed by atoms with E-state index in [1.807, 2.05) is 13.0 Å². The molecule has 0 bridgehead atoms. The van der Waals surface area contributed by atoms with E-state index in [4.69, 9.17) is 4.52 Å². The van der Waals surface area contributed by atoms with Crippen LogP contribution in [0.2, 0.25) is 0 Å². The van der Waals surface area contributed by atoms with Crippen molar-refractivity contribution in [3.8, 4) is 0 Å². The lowest BCUT2D eigenvalue weighted by atomic mass is 9.80. The molecule has 24 heavy (non-hydrogen) atoms. The predicted molar refractivity (Wildman–Crippen MR) is 107 cm³/mol. The highest BCUT2D eigenvalue weighted by molar-refractivity contribution is 14.0. The Hall–Kier alpha value is -0.830. The van der Waals surface area contributed by atoms with Crippen molar-refractivity contribution < 1.29 is 9.63 Å². The molecule has 3 N–H and O–H groups in total. The van der Waals surface area contributed by atoms with Gasteiger partial charge < -0.3 is 20.3 Å². The molecule has 0 unspecified atom stereocenters. The summed E-state index contributed by atoms with van der Waals surface area (Å²) in [4.78, 5) is 4.52. The van der Waals surface area contributed by atoms with Crippen molar-refractivity contribution in [2.45, 2.75) is 70.9 Å². The number of hydrogen-bond acceptors (Lipinski definition) is 4. The lowest BCUT2D eigenvalue weighted by Crippen LogP contribution is -2.50. The SMILES string of the molecule is CCNC(=NCc1cc(C(CC)CC)no1)NCC1(O)CCC1.I. The standard InChI is InChI=1S/C17H30N4O2.HI/c1-4-13(5-2)15-10-14(23-21-15)11-19-16(18-6-3)20-12-17(22)8-7-9-17;/h10,13,22H,4-9,11-12H2,1-3H3,(H2,18,19,20);1H. The van der Waals surface area contributed by atoms with E-state index in [1.165, 1.54) is 0 Å². The van der Waals surface area contributed by atoms with Crippen molar-refractivity contribution >= 4 is 29.9 Å². The Kier molecular flexibility index (Phi) is 9.04. The Morgan fingerprint density at radius 1 is 1.33 bits per heavy atom. The van der Waals surface area contributed by atoms with E-state index in [0.29, 0.717) is 25.0 Å². The summed E-state index contributed by atoms with van der Waals surface area (Å²) < 4.78 is 5.39. The molecule has 7 heteroatoms. The van der Waals surface area contributed by atoms with Gasteiger partial charge in [0, 0.05) is 25.1 Å². The molecule has 0 aromatic carbocycles. The van der Waals surface area contributed by atoms with Crippen LogP contribution in [0.4, 0.5) is 0 Å². The lowest BCUT2D eigenvalue weighted by Gasteiger charge is -2.36. The summed E-state index contributed by atoms with van der Waals surface area (Å²) in [5, 5.41) is 20.7. The zero-order valence-corrected chi connectivity index (χ0v) is 17.3. The molecule has 1 heterocycles. The van der Waals surface area contributed by atoms with E-state index in [0.717, 1.165) is 50.1 Å². The topological polar surface area (TPSA) is 82.7 Å². The van der Waals surface area contributed by atoms with Gasteiger partial charge in [0.25, 0.3) is 0 Å². The number of halogens is 1. The fourth-order valence-electron chi connectivity index (χ4n) is 2.81. The maximum Gasteiger partial charge on any atom is 0.191 e. The minimum absolute atomic E-state index is 0. The fraction of sp³-hybridized carbons (Fsp3) is 0.765. The molecule has 1 aliphatic carbocycles. The smallest absolute Gasteiger partial charge is 0.191 e. The number of aliphatic imine (C=N–C) groups is 1. The third-order valence-electron chi connectivity index (χ3n) is 4.59. The van der Waals surface area contributed by atoms with Crippen LogP contribution in [0.3, 0.4) is 0 Å². The number of aliphatic hydroxyl groups is 1. The summed E-state index contributed by atoms with van der Waals surface area (Å²) in [6.45, 7) is 8.11. The van der Waals surface area contributed by atoms with Crippen LogP contribution in [-0.2, 0) is 6.54 Å².